The molecule has 198 valence electrons. The second kappa shape index (κ2) is 10.2. The van der Waals surface area contributed by atoms with Crippen LogP contribution in [0.2, 0.25) is 0 Å². The highest BCUT2D eigenvalue weighted by atomic mass is 16.5. The smallest absolute Gasteiger partial charge is 0.270 e. The number of ether oxygens (including phenoxy) is 1. The van der Waals surface area contributed by atoms with E-state index in [1.165, 1.54) is 0 Å². The number of hydrogen-bond acceptors (Lipinski definition) is 6. The molecule has 10 nitrogen and oxygen atoms in total. The number of methoxy groups -OCH3 is 1. The van der Waals surface area contributed by atoms with Gasteiger partial charge in [-0.25, -0.2) is 0 Å². The van der Waals surface area contributed by atoms with Gasteiger partial charge in [-0.15, -0.1) is 0 Å². The number of Topliss-reactive ketones (excluding diaryl/α,β-unsaturated/α-hetero) is 1. The normalized spacial score (nSPS) is 23.4. The van der Waals surface area contributed by atoms with Gasteiger partial charge in [0.2, 0.25) is 11.8 Å². The van der Waals surface area contributed by atoms with Crippen LogP contribution in [0.4, 0.5) is 0 Å². The number of rotatable bonds is 8. The van der Waals surface area contributed by atoms with E-state index in [-0.39, 0.29) is 23.7 Å². The molecule has 37 heavy (non-hydrogen) atoms. The summed E-state index contributed by atoms with van der Waals surface area (Å²) in [6.07, 6.45) is 4.94. The van der Waals surface area contributed by atoms with Gasteiger partial charge in [-0.1, -0.05) is 6.07 Å². The fraction of sp³-hybridized carbons (Fsp3) is 0.556. The Morgan fingerprint density at radius 3 is 2.78 bits per heavy atom. The lowest BCUT2D eigenvalue weighted by Crippen LogP contribution is -2.57. The number of aliphatic hydroxyl groups is 1. The van der Waals surface area contributed by atoms with Crippen LogP contribution in [-0.4, -0.2) is 77.4 Å². The maximum absolute atomic E-state index is 13.7. The van der Waals surface area contributed by atoms with Gasteiger partial charge in [0.1, 0.15) is 24.1 Å². The van der Waals surface area contributed by atoms with Gasteiger partial charge in [-0.05, 0) is 68.6 Å². The Hall–Kier alpha value is -3.40. The van der Waals surface area contributed by atoms with E-state index in [9.17, 15) is 24.3 Å². The number of hydrogen-bond donors (Lipinski definition) is 4. The Kier molecular flexibility index (Phi) is 6.94. The molecule has 3 fully saturated rings. The van der Waals surface area contributed by atoms with E-state index < -0.39 is 36.3 Å². The summed E-state index contributed by atoms with van der Waals surface area (Å²) in [6, 6.07) is 5.53. The second-order valence-corrected chi connectivity index (χ2v) is 10.6. The van der Waals surface area contributed by atoms with Crippen molar-refractivity contribution in [2.75, 3.05) is 26.8 Å². The van der Waals surface area contributed by atoms with Gasteiger partial charge in [-0.3, -0.25) is 19.2 Å². The lowest BCUT2D eigenvalue weighted by atomic mass is 9.86. The third-order valence-corrected chi connectivity index (χ3v) is 8.26. The summed E-state index contributed by atoms with van der Waals surface area (Å²) in [5, 5.41) is 15.9. The zero-order chi connectivity index (χ0) is 26.2. The molecule has 3 unspecified atom stereocenters. The van der Waals surface area contributed by atoms with Crippen LogP contribution in [0.5, 0.6) is 5.75 Å². The van der Waals surface area contributed by atoms with Crippen molar-refractivity contribution in [3.05, 3.63) is 30.0 Å². The van der Waals surface area contributed by atoms with Crippen molar-refractivity contribution in [2.45, 2.75) is 57.0 Å². The van der Waals surface area contributed by atoms with Gasteiger partial charge in [-0.2, -0.15) is 0 Å². The first kappa shape index (κ1) is 25.3. The Morgan fingerprint density at radius 1 is 1.27 bits per heavy atom. The van der Waals surface area contributed by atoms with Crippen molar-refractivity contribution in [1.82, 2.24) is 20.5 Å². The number of likely N-dealkylation sites (tertiary alicyclic amines) is 1. The number of carbonyl (C=O) groups excluding carboxylic acids is 4. The number of carbonyl (C=O) groups is 4. The van der Waals surface area contributed by atoms with Crippen molar-refractivity contribution < 1.29 is 29.0 Å². The van der Waals surface area contributed by atoms with Gasteiger partial charge in [0.15, 0.2) is 5.78 Å². The number of nitrogens with one attached hydrogen (secondary N) is 3. The molecule has 1 aromatic heterocycles. The SMILES string of the molecule is COc1cccc2[nH]c(C(=O)N3CCC4(CC4)CC3C(=O)NC(CC3CCCNC3=O)C(=O)CO)cc12. The largest absolute Gasteiger partial charge is 0.496 e. The fourth-order valence-corrected chi connectivity index (χ4v) is 5.81. The van der Waals surface area contributed by atoms with Crippen LogP contribution in [0, 0.1) is 11.3 Å². The Bertz CT molecular complexity index is 1220. The molecule has 0 radical (unpaired) electrons. The molecule has 1 spiro atoms. The molecule has 3 heterocycles. The average Bonchev–Trinajstić information content (AvgIpc) is 3.51. The summed E-state index contributed by atoms with van der Waals surface area (Å²) in [4.78, 5) is 56.9. The van der Waals surface area contributed by atoms with E-state index in [2.05, 4.69) is 15.6 Å². The lowest BCUT2D eigenvalue weighted by Gasteiger charge is -2.39. The molecule has 2 saturated heterocycles. The average molecular weight is 511 g/mol. The van der Waals surface area contributed by atoms with E-state index in [1.54, 1.807) is 18.1 Å². The number of aliphatic hydroxyl groups excluding tert-OH is 1. The quantitative estimate of drug-likeness (QED) is 0.425. The molecule has 5 rings (SSSR count). The summed E-state index contributed by atoms with van der Waals surface area (Å²) in [6.45, 7) is 0.307. The number of benzene rings is 1. The zero-order valence-electron chi connectivity index (χ0n) is 21.0. The predicted octanol–water partition coefficient (Wildman–Crippen LogP) is 1.52. The summed E-state index contributed by atoms with van der Waals surface area (Å²) < 4.78 is 5.42. The molecular formula is C27H34N4O6. The minimum absolute atomic E-state index is 0.0577. The van der Waals surface area contributed by atoms with Crippen LogP contribution in [0.3, 0.4) is 0 Å². The number of aromatic amines is 1. The van der Waals surface area contributed by atoms with Crippen molar-refractivity contribution in [3.63, 3.8) is 0 Å². The van der Waals surface area contributed by atoms with Gasteiger partial charge in [0.25, 0.3) is 5.91 Å². The molecule has 0 bridgehead atoms. The Morgan fingerprint density at radius 2 is 2.08 bits per heavy atom. The molecular weight excluding hydrogens is 476 g/mol. The topological polar surface area (TPSA) is 141 Å². The summed E-state index contributed by atoms with van der Waals surface area (Å²) in [5.74, 6) is -1.15. The minimum Gasteiger partial charge on any atom is -0.496 e. The van der Waals surface area contributed by atoms with Crippen molar-refractivity contribution >= 4 is 34.4 Å². The van der Waals surface area contributed by atoms with Gasteiger partial charge in [0.05, 0.1) is 13.2 Å². The fourth-order valence-electron chi connectivity index (χ4n) is 5.81. The monoisotopic (exact) mass is 510 g/mol. The van der Waals surface area contributed by atoms with Crippen LogP contribution < -0.4 is 15.4 Å². The van der Waals surface area contributed by atoms with Crippen LogP contribution in [-0.2, 0) is 14.4 Å². The maximum Gasteiger partial charge on any atom is 0.270 e. The minimum atomic E-state index is -0.988. The molecule has 2 aliphatic heterocycles. The van der Waals surface area contributed by atoms with Gasteiger partial charge in [0, 0.05) is 29.9 Å². The highest BCUT2D eigenvalue weighted by molar-refractivity contribution is 6.02. The summed E-state index contributed by atoms with van der Waals surface area (Å²) in [5.41, 5.74) is 1.19. The number of H-pyrrole nitrogens is 1. The predicted molar refractivity (Wildman–Crippen MR) is 135 cm³/mol. The summed E-state index contributed by atoms with van der Waals surface area (Å²) in [7, 11) is 1.57. The highest BCUT2D eigenvalue weighted by Crippen LogP contribution is 2.55. The van der Waals surface area contributed by atoms with E-state index in [4.69, 9.17) is 4.74 Å². The van der Waals surface area contributed by atoms with Crippen LogP contribution >= 0.6 is 0 Å². The van der Waals surface area contributed by atoms with Crippen molar-refractivity contribution in [2.24, 2.45) is 11.3 Å². The van der Waals surface area contributed by atoms with Crippen molar-refractivity contribution in [1.29, 1.82) is 0 Å². The van der Waals surface area contributed by atoms with Crippen LogP contribution in [0.15, 0.2) is 24.3 Å². The Labute approximate surface area is 215 Å². The first-order valence-electron chi connectivity index (χ1n) is 13.0. The molecule has 1 saturated carbocycles. The van der Waals surface area contributed by atoms with E-state index in [0.717, 1.165) is 36.6 Å². The third-order valence-electron chi connectivity index (χ3n) is 8.26. The number of ketones is 1. The number of fused-ring (bicyclic) bond motifs is 1. The van der Waals surface area contributed by atoms with E-state index >= 15 is 0 Å². The van der Waals surface area contributed by atoms with E-state index in [0.29, 0.717) is 37.4 Å². The lowest BCUT2D eigenvalue weighted by molar-refractivity contribution is -0.134. The zero-order valence-corrected chi connectivity index (χ0v) is 21.0. The van der Waals surface area contributed by atoms with Crippen LogP contribution in [0.1, 0.15) is 55.4 Å². The molecule has 4 N–H and O–H groups in total. The maximum atomic E-state index is 13.7. The second-order valence-electron chi connectivity index (χ2n) is 10.6. The molecule has 3 amide bonds. The summed E-state index contributed by atoms with van der Waals surface area (Å²) >= 11 is 0. The van der Waals surface area contributed by atoms with Gasteiger partial charge < -0.3 is 30.4 Å². The molecule has 1 aromatic carbocycles. The highest BCUT2D eigenvalue weighted by Gasteiger charge is 2.51. The van der Waals surface area contributed by atoms with Gasteiger partial charge >= 0.3 is 0 Å². The standard InChI is InChI=1S/C27H34N4O6/c1-37-23-6-2-5-18-17(23)13-20(29-18)26(36)31-11-9-27(7-8-27)14-21(31)25(35)30-19(22(33)15-32)12-16-4-3-10-28-24(16)34/h2,5-6,13,16,19,21,29,32H,3-4,7-12,14-15H2,1H3,(H,28,34)(H,30,35). The van der Waals surface area contributed by atoms with E-state index in [1.807, 2.05) is 18.2 Å². The first-order valence-corrected chi connectivity index (χ1v) is 13.0. The van der Waals surface area contributed by atoms with Crippen molar-refractivity contribution in [3.8, 4) is 5.75 Å². The Balaban J connectivity index is 1.37. The number of aromatic nitrogens is 1. The molecule has 3 aliphatic rings. The molecule has 1 aliphatic carbocycles. The third kappa shape index (κ3) is 5.07. The molecule has 3 atom stereocenters. The first-order chi connectivity index (χ1) is 17.8. The van der Waals surface area contributed by atoms with Crippen LogP contribution in [0.25, 0.3) is 10.9 Å². The number of amides is 3. The molecule has 10 heteroatoms. The molecule has 2 aromatic rings. The number of nitrogens with zero attached hydrogens (tertiary/aromatic N) is 1. The number of piperidine rings is 2.